The molecule has 1 N–H and O–H groups in total. The number of aromatic nitrogens is 6. The number of benzene rings is 1. The number of fused-ring (bicyclic) bond motifs is 2. The minimum atomic E-state index is 0.726. The van der Waals surface area contributed by atoms with Crippen LogP contribution in [-0.4, -0.2) is 29.7 Å². The van der Waals surface area contributed by atoms with Crippen LogP contribution in [0.5, 0.6) is 0 Å². The summed E-state index contributed by atoms with van der Waals surface area (Å²) in [5, 5.41) is 8.14. The summed E-state index contributed by atoms with van der Waals surface area (Å²) >= 11 is 0. The van der Waals surface area contributed by atoms with E-state index in [1.807, 2.05) is 24.8 Å². The van der Waals surface area contributed by atoms with Crippen LogP contribution in [0.1, 0.15) is 32.1 Å². The van der Waals surface area contributed by atoms with Crippen molar-refractivity contribution < 1.29 is 0 Å². The quantitative estimate of drug-likeness (QED) is 0.616. The summed E-state index contributed by atoms with van der Waals surface area (Å²) in [4.78, 5) is 13.8. The van der Waals surface area contributed by atoms with Gasteiger partial charge in [0.05, 0.1) is 29.9 Å². The van der Waals surface area contributed by atoms with Gasteiger partial charge in [0.1, 0.15) is 0 Å². The molecule has 1 aliphatic rings. The molecule has 4 aromatic rings. The lowest BCUT2D eigenvalue weighted by Gasteiger charge is -2.21. The third kappa shape index (κ3) is 2.67. The molecule has 0 atom stereocenters. The third-order valence-electron chi connectivity index (χ3n) is 5.24. The second kappa shape index (κ2) is 5.95. The van der Waals surface area contributed by atoms with E-state index in [4.69, 9.17) is 4.98 Å². The Morgan fingerprint density at radius 3 is 2.92 bits per heavy atom. The van der Waals surface area contributed by atoms with E-state index in [0.29, 0.717) is 0 Å². The monoisotopic (exact) mass is 332 g/mol. The van der Waals surface area contributed by atoms with Gasteiger partial charge in [-0.25, -0.2) is 15.0 Å². The zero-order valence-electron chi connectivity index (χ0n) is 14.0. The van der Waals surface area contributed by atoms with Gasteiger partial charge >= 0.3 is 0 Å². The Kier molecular flexibility index (Phi) is 3.47. The first-order chi connectivity index (χ1) is 12.4. The van der Waals surface area contributed by atoms with Crippen LogP contribution in [0.4, 0.5) is 0 Å². The summed E-state index contributed by atoms with van der Waals surface area (Å²) in [7, 11) is 0. The Bertz CT molecular complexity index is 1020. The van der Waals surface area contributed by atoms with Crippen molar-refractivity contribution in [2.24, 2.45) is 5.92 Å². The Hall–Kier alpha value is -2.76. The van der Waals surface area contributed by atoms with Crippen molar-refractivity contribution in [2.45, 2.75) is 38.6 Å². The van der Waals surface area contributed by atoms with Gasteiger partial charge in [0.25, 0.3) is 0 Å². The maximum Gasteiger partial charge on any atom is 0.197 e. The number of nitrogens with one attached hydrogen (secondary N) is 1. The Labute approximate surface area is 145 Å². The predicted molar refractivity (Wildman–Crippen MR) is 97.0 cm³/mol. The van der Waals surface area contributed by atoms with E-state index in [1.54, 1.807) is 0 Å². The maximum absolute atomic E-state index is 4.87. The zero-order chi connectivity index (χ0) is 16.6. The number of aromatic amines is 1. The smallest absolute Gasteiger partial charge is 0.197 e. The molecular weight excluding hydrogens is 312 g/mol. The number of rotatable bonds is 3. The highest BCUT2D eigenvalue weighted by Gasteiger charge is 2.16. The van der Waals surface area contributed by atoms with Crippen LogP contribution in [0.3, 0.4) is 0 Å². The van der Waals surface area contributed by atoms with Crippen LogP contribution in [0.2, 0.25) is 0 Å². The highest BCUT2D eigenvalue weighted by Crippen LogP contribution is 2.27. The summed E-state index contributed by atoms with van der Waals surface area (Å²) in [6.07, 6.45) is 12.2. The van der Waals surface area contributed by atoms with Gasteiger partial charge in [-0.3, -0.25) is 5.10 Å². The zero-order valence-corrected chi connectivity index (χ0v) is 14.0. The molecule has 0 aliphatic heterocycles. The highest BCUT2D eigenvalue weighted by molar-refractivity contribution is 5.83. The van der Waals surface area contributed by atoms with Crippen molar-refractivity contribution in [3.8, 4) is 11.3 Å². The molecule has 1 fully saturated rings. The number of hydrogen-bond donors (Lipinski definition) is 1. The number of hydrogen-bond acceptors (Lipinski definition) is 4. The number of imidazole rings is 1. The molecule has 5 rings (SSSR count). The molecule has 0 radical (unpaired) electrons. The van der Waals surface area contributed by atoms with Crippen molar-refractivity contribution in [3.05, 3.63) is 36.9 Å². The molecule has 0 saturated heterocycles. The maximum atomic E-state index is 4.87. The van der Waals surface area contributed by atoms with Crippen LogP contribution in [-0.2, 0) is 6.54 Å². The number of H-pyrrole nitrogens is 1. The van der Waals surface area contributed by atoms with Crippen molar-refractivity contribution in [2.75, 3.05) is 0 Å². The van der Waals surface area contributed by atoms with Crippen LogP contribution < -0.4 is 0 Å². The molecule has 6 heteroatoms. The van der Waals surface area contributed by atoms with Gasteiger partial charge in [-0.1, -0.05) is 25.3 Å². The summed E-state index contributed by atoms with van der Waals surface area (Å²) in [5.41, 5.74) is 4.56. The first-order valence-corrected chi connectivity index (χ1v) is 8.98. The first kappa shape index (κ1) is 14.6. The summed E-state index contributed by atoms with van der Waals surface area (Å²) in [5.74, 6) is 0.735. The molecule has 3 aromatic heterocycles. The lowest BCUT2D eigenvalue weighted by atomic mass is 9.89. The molecular formula is C19H20N6. The average Bonchev–Trinajstić information content (AvgIpc) is 3.28. The average molecular weight is 332 g/mol. The fraction of sp³-hybridized carbons (Fsp3) is 0.368. The predicted octanol–water partition coefficient (Wildman–Crippen LogP) is 3.95. The van der Waals surface area contributed by atoms with Gasteiger partial charge in [0, 0.05) is 17.5 Å². The fourth-order valence-corrected chi connectivity index (χ4v) is 3.86. The first-order valence-electron chi connectivity index (χ1n) is 8.98. The van der Waals surface area contributed by atoms with E-state index in [-0.39, 0.29) is 0 Å². The van der Waals surface area contributed by atoms with Gasteiger partial charge < -0.3 is 4.57 Å². The van der Waals surface area contributed by atoms with E-state index >= 15 is 0 Å². The van der Waals surface area contributed by atoms with Crippen LogP contribution >= 0.6 is 0 Å². The number of nitrogens with zero attached hydrogens (tertiary/aromatic N) is 5. The van der Waals surface area contributed by atoms with Gasteiger partial charge in [0.2, 0.25) is 0 Å². The molecule has 0 amide bonds. The van der Waals surface area contributed by atoms with Crippen molar-refractivity contribution in [1.29, 1.82) is 0 Å². The molecule has 0 bridgehead atoms. The molecule has 6 nitrogen and oxygen atoms in total. The normalized spacial score (nSPS) is 16.0. The molecule has 1 aromatic carbocycles. The van der Waals surface area contributed by atoms with Crippen molar-refractivity contribution in [3.63, 3.8) is 0 Å². The minimum absolute atomic E-state index is 0.726. The van der Waals surface area contributed by atoms with Gasteiger partial charge in [-0.2, -0.15) is 5.10 Å². The SMILES string of the molecule is c1cc2[nH]ncc2cc1-c1cnc2ncn(CC3CCCCC3)c2n1. The molecule has 0 unspecified atom stereocenters. The largest absolute Gasteiger partial charge is 0.314 e. The standard InChI is InChI=1S/C19H20N6/c1-2-4-13(5-3-1)11-25-12-21-18-19(25)23-17(10-20-18)14-6-7-16-15(8-14)9-22-24-16/h6-10,12-13H,1-5,11H2,(H,22,24). The minimum Gasteiger partial charge on any atom is -0.314 e. The molecule has 1 aliphatic carbocycles. The van der Waals surface area contributed by atoms with Gasteiger partial charge in [-0.15, -0.1) is 0 Å². The second-order valence-electron chi connectivity index (χ2n) is 6.98. The van der Waals surface area contributed by atoms with Gasteiger partial charge in [-0.05, 0) is 30.9 Å². The second-order valence-corrected chi connectivity index (χ2v) is 6.98. The van der Waals surface area contributed by atoms with Crippen molar-refractivity contribution >= 4 is 22.2 Å². The Morgan fingerprint density at radius 1 is 1.08 bits per heavy atom. The topological polar surface area (TPSA) is 72.3 Å². The lowest BCUT2D eigenvalue weighted by molar-refractivity contribution is 0.321. The molecule has 126 valence electrons. The highest BCUT2D eigenvalue weighted by atomic mass is 15.1. The van der Waals surface area contributed by atoms with Crippen LogP contribution in [0, 0.1) is 5.92 Å². The van der Waals surface area contributed by atoms with E-state index < -0.39 is 0 Å². The van der Waals surface area contributed by atoms with E-state index in [1.165, 1.54) is 32.1 Å². The Morgan fingerprint density at radius 2 is 2.00 bits per heavy atom. The fourth-order valence-electron chi connectivity index (χ4n) is 3.86. The molecule has 1 saturated carbocycles. The van der Waals surface area contributed by atoms with E-state index in [2.05, 4.69) is 36.9 Å². The molecule has 25 heavy (non-hydrogen) atoms. The van der Waals surface area contributed by atoms with E-state index in [9.17, 15) is 0 Å². The molecule has 3 heterocycles. The molecule has 0 spiro atoms. The summed E-state index contributed by atoms with van der Waals surface area (Å²) < 4.78 is 2.18. The van der Waals surface area contributed by atoms with Gasteiger partial charge in [0.15, 0.2) is 11.3 Å². The summed E-state index contributed by atoms with van der Waals surface area (Å²) in [6.45, 7) is 0.995. The Balaban J connectivity index is 1.52. The van der Waals surface area contributed by atoms with Crippen molar-refractivity contribution in [1.82, 2.24) is 29.7 Å². The summed E-state index contributed by atoms with van der Waals surface area (Å²) in [6, 6.07) is 6.18. The van der Waals surface area contributed by atoms with Crippen LogP contribution in [0.15, 0.2) is 36.9 Å². The third-order valence-corrected chi connectivity index (χ3v) is 5.24. The lowest BCUT2D eigenvalue weighted by Crippen LogP contribution is -2.13. The van der Waals surface area contributed by atoms with Crippen LogP contribution in [0.25, 0.3) is 33.5 Å². The van der Waals surface area contributed by atoms with E-state index in [0.717, 1.165) is 45.9 Å².